The number of phenols is 1. The molecule has 4 rings (SSSR count). The van der Waals surface area contributed by atoms with Gasteiger partial charge in [-0.15, -0.1) is 0 Å². The number of fused-ring (bicyclic) bond motifs is 1. The summed E-state index contributed by atoms with van der Waals surface area (Å²) in [6.45, 7) is 3.97. The van der Waals surface area contributed by atoms with Gasteiger partial charge in [-0.3, -0.25) is 4.90 Å². The van der Waals surface area contributed by atoms with Gasteiger partial charge in [-0.1, -0.05) is 29.4 Å². The zero-order valence-electron chi connectivity index (χ0n) is 15.3. The Kier molecular flexibility index (Phi) is 4.63. The third kappa shape index (κ3) is 3.62. The molecular weight excluding hydrogens is 369 g/mol. The summed E-state index contributed by atoms with van der Waals surface area (Å²) in [7, 11) is 0. The fourth-order valence-corrected chi connectivity index (χ4v) is 3.52. The lowest BCUT2D eigenvalue weighted by atomic mass is 10.00. The summed E-state index contributed by atoms with van der Waals surface area (Å²) in [4.78, 5) is 2.24. The van der Waals surface area contributed by atoms with Crippen molar-refractivity contribution in [1.82, 2.24) is 10.1 Å². The highest BCUT2D eigenvalue weighted by molar-refractivity contribution is 5.64. The molecule has 0 spiro atoms. The number of hydrogen-bond acceptors (Lipinski definition) is 4. The second-order valence-electron chi connectivity index (χ2n) is 7.09. The number of nitrogens with zero attached hydrogens (tertiary/aromatic N) is 2. The molecule has 1 aliphatic heterocycles. The van der Waals surface area contributed by atoms with Gasteiger partial charge in [0.1, 0.15) is 17.2 Å². The van der Waals surface area contributed by atoms with Crippen LogP contribution in [0.3, 0.4) is 0 Å². The zero-order chi connectivity index (χ0) is 19.9. The van der Waals surface area contributed by atoms with Crippen LogP contribution < -0.4 is 0 Å². The molecule has 2 aromatic carbocycles. The number of alkyl halides is 3. The van der Waals surface area contributed by atoms with Gasteiger partial charge in [-0.2, -0.15) is 13.2 Å². The average Bonchev–Trinajstić information content (AvgIpc) is 3.07. The molecule has 0 saturated carbocycles. The molecular formula is C21H19F3N2O2. The summed E-state index contributed by atoms with van der Waals surface area (Å²) >= 11 is 0. The normalized spacial score (nSPS) is 14.9. The Hall–Kier alpha value is -2.80. The van der Waals surface area contributed by atoms with Crippen LogP contribution in [0.4, 0.5) is 13.2 Å². The van der Waals surface area contributed by atoms with E-state index in [0.29, 0.717) is 30.8 Å². The first-order valence-corrected chi connectivity index (χ1v) is 8.97. The Morgan fingerprint density at radius 2 is 1.89 bits per heavy atom. The van der Waals surface area contributed by atoms with Crippen molar-refractivity contribution in [2.75, 3.05) is 6.54 Å². The number of aryl methyl sites for hydroxylation is 1. The standard InChI is InChI=1S/C21H19F3N2O2/c1-13-10-14(2-7-18(13)27)11-26-9-8-19-17(12-26)20(25-28-19)15-3-5-16(6-4-15)21(22,23)24/h2-7,10,27H,8-9,11-12H2,1H3. The number of hydrogen-bond donors (Lipinski definition) is 1. The van der Waals surface area contributed by atoms with Crippen LogP contribution in [0, 0.1) is 6.92 Å². The van der Waals surface area contributed by atoms with Crippen LogP contribution in [-0.2, 0) is 25.7 Å². The van der Waals surface area contributed by atoms with E-state index in [9.17, 15) is 18.3 Å². The fourth-order valence-electron chi connectivity index (χ4n) is 3.52. The number of benzene rings is 2. The lowest BCUT2D eigenvalue weighted by Gasteiger charge is -2.26. The summed E-state index contributed by atoms with van der Waals surface area (Å²) in [5.41, 5.74) is 3.35. The van der Waals surface area contributed by atoms with Crippen LogP contribution in [0.25, 0.3) is 11.3 Å². The third-order valence-electron chi connectivity index (χ3n) is 5.06. The zero-order valence-corrected chi connectivity index (χ0v) is 15.3. The van der Waals surface area contributed by atoms with Crippen molar-refractivity contribution < 1.29 is 22.8 Å². The van der Waals surface area contributed by atoms with Gasteiger partial charge in [-0.05, 0) is 36.2 Å². The first-order valence-electron chi connectivity index (χ1n) is 8.97. The van der Waals surface area contributed by atoms with Crippen molar-refractivity contribution in [3.05, 3.63) is 70.5 Å². The van der Waals surface area contributed by atoms with Crippen molar-refractivity contribution in [2.24, 2.45) is 0 Å². The van der Waals surface area contributed by atoms with Crippen molar-refractivity contribution in [3.63, 3.8) is 0 Å². The molecule has 4 nitrogen and oxygen atoms in total. The van der Waals surface area contributed by atoms with Crippen LogP contribution in [0.15, 0.2) is 47.0 Å². The van der Waals surface area contributed by atoms with E-state index >= 15 is 0 Å². The number of halogens is 3. The van der Waals surface area contributed by atoms with Crippen molar-refractivity contribution in [1.29, 1.82) is 0 Å². The molecule has 0 radical (unpaired) electrons. The van der Waals surface area contributed by atoms with Crippen LogP contribution in [0.1, 0.15) is 28.0 Å². The molecule has 28 heavy (non-hydrogen) atoms. The van der Waals surface area contributed by atoms with Crippen LogP contribution >= 0.6 is 0 Å². The van der Waals surface area contributed by atoms with Gasteiger partial charge in [0.05, 0.1) is 5.56 Å². The lowest BCUT2D eigenvalue weighted by molar-refractivity contribution is -0.137. The highest BCUT2D eigenvalue weighted by Gasteiger charge is 2.31. The molecule has 146 valence electrons. The van der Waals surface area contributed by atoms with Crippen molar-refractivity contribution >= 4 is 0 Å². The first kappa shape index (κ1) is 18.6. The first-order chi connectivity index (χ1) is 13.3. The molecule has 1 aromatic heterocycles. The largest absolute Gasteiger partial charge is 0.508 e. The maximum atomic E-state index is 12.8. The topological polar surface area (TPSA) is 49.5 Å². The molecule has 0 fully saturated rings. The highest BCUT2D eigenvalue weighted by Crippen LogP contribution is 2.34. The number of aromatic nitrogens is 1. The molecule has 1 N–H and O–H groups in total. The highest BCUT2D eigenvalue weighted by atomic mass is 19.4. The Bertz CT molecular complexity index is 994. The average molecular weight is 388 g/mol. The molecule has 1 aliphatic rings. The molecule has 3 aromatic rings. The Morgan fingerprint density at radius 1 is 1.14 bits per heavy atom. The van der Waals surface area contributed by atoms with Gasteiger partial charge in [0.15, 0.2) is 0 Å². The molecule has 0 bridgehead atoms. The summed E-state index contributed by atoms with van der Waals surface area (Å²) in [5.74, 6) is 1.06. The quantitative estimate of drug-likeness (QED) is 0.691. The summed E-state index contributed by atoms with van der Waals surface area (Å²) in [5, 5.41) is 13.8. The molecule has 0 amide bonds. The molecule has 0 aliphatic carbocycles. The van der Waals surface area contributed by atoms with Gasteiger partial charge in [0.2, 0.25) is 0 Å². The van der Waals surface area contributed by atoms with Gasteiger partial charge >= 0.3 is 6.18 Å². The van der Waals surface area contributed by atoms with Crippen LogP contribution in [0.5, 0.6) is 5.75 Å². The Balaban J connectivity index is 1.55. The molecule has 7 heteroatoms. The summed E-state index contributed by atoms with van der Waals surface area (Å²) in [6, 6.07) is 10.5. The van der Waals surface area contributed by atoms with E-state index in [1.807, 2.05) is 19.1 Å². The molecule has 2 heterocycles. The lowest BCUT2D eigenvalue weighted by Crippen LogP contribution is -2.29. The Labute approximate surface area is 160 Å². The molecule has 0 unspecified atom stereocenters. The minimum absolute atomic E-state index is 0.272. The smallest absolute Gasteiger partial charge is 0.416 e. The number of aromatic hydroxyl groups is 1. The van der Waals surface area contributed by atoms with E-state index in [-0.39, 0.29) is 5.75 Å². The van der Waals surface area contributed by atoms with E-state index in [1.165, 1.54) is 12.1 Å². The van der Waals surface area contributed by atoms with Crippen LogP contribution in [-0.4, -0.2) is 21.7 Å². The maximum Gasteiger partial charge on any atom is 0.416 e. The number of phenolic OH excluding ortho intramolecular Hbond substituents is 1. The third-order valence-corrected chi connectivity index (χ3v) is 5.06. The van der Waals surface area contributed by atoms with Crippen molar-refractivity contribution in [3.8, 4) is 17.0 Å². The van der Waals surface area contributed by atoms with Crippen LogP contribution in [0.2, 0.25) is 0 Å². The van der Waals surface area contributed by atoms with E-state index in [0.717, 1.165) is 41.1 Å². The Morgan fingerprint density at radius 3 is 2.57 bits per heavy atom. The van der Waals surface area contributed by atoms with E-state index in [4.69, 9.17) is 4.52 Å². The predicted octanol–water partition coefficient (Wildman–Crippen LogP) is 4.93. The summed E-state index contributed by atoms with van der Waals surface area (Å²) in [6.07, 6.45) is -3.67. The minimum Gasteiger partial charge on any atom is -0.508 e. The van der Waals surface area contributed by atoms with Gasteiger partial charge in [0.25, 0.3) is 0 Å². The van der Waals surface area contributed by atoms with Crippen molar-refractivity contribution in [2.45, 2.75) is 32.6 Å². The summed E-state index contributed by atoms with van der Waals surface area (Å²) < 4.78 is 43.8. The SMILES string of the molecule is Cc1cc(CN2CCc3onc(-c4ccc(C(F)(F)F)cc4)c3C2)ccc1O. The predicted molar refractivity (Wildman–Crippen MR) is 97.6 cm³/mol. The second-order valence-corrected chi connectivity index (χ2v) is 7.09. The van der Waals surface area contributed by atoms with E-state index < -0.39 is 11.7 Å². The van der Waals surface area contributed by atoms with Gasteiger partial charge in [-0.25, -0.2) is 0 Å². The second kappa shape index (κ2) is 6.98. The minimum atomic E-state index is -4.36. The monoisotopic (exact) mass is 388 g/mol. The van der Waals surface area contributed by atoms with Gasteiger partial charge < -0.3 is 9.63 Å². The molecule has 0 atom stereocenters. The van der Waals surface area contributed by atoms with E-state index in [2.05, 4.69) is 10.1 Å². The number of rotatable bonds is 3. The van der Waals surface area contributed by atoms with E-state index in [1.54, 1.807) is 6.07 Å². The maximum absolute atomic E-state index is 12.8. The van der Waals surface area contributed by atoms with Gasteiger partial charge in [0, 0.05) is 37.2 Å². The fraction of sp³-hybridized carbons (Fsp3) is 0.286. The molecule has 0 saturated heterocycles.